The molecule has 0 spiro atoms. The summed E-state index contributed by atoms with van der Waals surface area (Å²) >= 11 is 5.69. The average molecular weight is 290 g/mol. The van der Waals surface area contributed by atoms with Crippen molar-refractivity contribution in [1.29, 1.82) is 0 Å². The van der Waals surface area contributed by atoms with Crippen molar-refractivity contribution in [3.8, 4) is 5.75 Å². The minimum atomic E-state index is -1.14. The number of carbonyl (C=O) groups is 1. The number of rotatable bonds is 7. The molecule has 104 valence electrons. The molecular formula is C11H12ClNO6. The van der Waals surface area contributed by atoms with E-state index in [0.29, 0.717) is 0 Å². The average Bonchev–Trinajstić information content (AvgIpc) is 2.33. The third kappa shape index (κ3) is 4.38. The summed E-state index contributed by atoms with van der Waals surface area (Å²) in [6.07, 6.45) is -1.10. The molecule has 0 bridgehead atoms. The fourth-order valence-electron chi connectivity index (χ4n) is 1.29. The number of hydrogen-bond donors (Lipinski definition) is 1. The summed E-state index contributed by atoms with van der Waals surface area (Å²) in [6.45, 7) is 1.69. The zero-order chi connectivity index (χ0) is 14.4. The number of aliphatic carboxylic acids is 1. The Balaban J connectivity index is 2.70. The highest BCUT2D eigenvalue weighted by Gasteiger charge is 2.19. The first-order valence-corrected chi connectivity index (χ1v) is 5.74. The van der Waals surface area contributed by atoms with E-state index in [4.69, 9.17) is 26.2 Å². The molecule has 0 aliphatic rings. The highest BCUT2D eigenvalue weighted by molar-refractivity contribution is 6.32. The van der Waals surface area contributed by atoms with Crippen LogP contribution < -0.4 is 4.74 Å². The van der Waals surface area contributed by atoms with Crippen LogP contribution in [0.25, 0.3) is 0 Å². The maximum Gasteiger partial charge on any atom is 0.336 e. The molecule has 1 N–H and O–H groups in total. The zero-order valence-electron chi connectivity index (χ0n) is 10.0. The molecule has 1 rings (SSSR count). The van der Waals surface area contributed by atoms with Crippen molar-refractivity contribution in [2.45, 2.75) is 13.0 Å². The predicted octanol–water partition coefficient (Wildman–Crippen LogP) is 2.12. The monoisotopic (exact) mass is 289 g/mol. The molecule has 0 fully saturated rings. The number of nitro groups is 1. The lowest BCUT2D eigenvalue weighted by atomic mass is 10.3. The van der Waals surface area contributed by atoms with E-state index in [2.05, 4.69) is 0 Å². The minimum absolute atomic E-state index is 0.0780. The zero-order valence-corrected chi connectivity index (χ0v) is 10.8. The second-order valence-electron chi connectivity index (χ2n) is 3.46. The SMILES string of the molecule is CCOC(COc1ccc([N+](=O)[O-])c(Cl)c1)C(=O)O. The lowest BCUT2D eigenvalue weighted by Gasteiger charge is -2.13. The first kappa shape index (κ1) is 15.2. The largest absolute Gasteiger partial charge is 0.490 e. The molecule has 8 heteroatoms. The van der Waals surface area contributed by atoms with Crippen LogP contribution in [0.3, 0.4) is 0 Å². The quantitative estimate of drug-likeness (QED) is 0.609. The third-order valence-corrected chi connectivity index (χ3v) is 2.46. The van der Waals surface area contributed by atoms with Crippen LogP contribution in [0.5, 0.6) is 5.75 Å². The van der Waals surface area contributed by atoms with Crippen LogP contribution >= 0.6 is 11.6 Å². The van der Waals surface area contributed by atoms with Crippen molar-refractivity contribution in [3.05, 3.63) is 33.3 Å². The summed E-state index contributed by atoms with van der Waals surface area (Å²) in [4.78, 5) is 20.7. The fraction of sp³-hybridized carbons (Fsp3) is 0.364. The van der Waals surface area contributed by atoms with Crippen molar-refractivity contribution >= 4 is 23.3 Å². The molecule has 19 heavy (non-hydrogen) atoms. The maximum absolute atomic E-state index is 10.8. The molecule has 0 aliphatic heterocycles. The Bertz CT molecular complexity index is 478. The summed E-state index contributed by atoms with van der Waals surface area (Å²) in [5, 5.41) is 19.3. The number of ether oxygens (including phenoxy) is 2. The standard InChI is InChI=1S/C11H12ClNO6/c1-2-18-10(11(14)15)6-19-7-3-4-9(13(16)17)8(12)5-7/h3-5,10H,2,6H2,1H3,(H,14,15). The van der Waals surface area contributed by atoms with E-state index < -0.39 is 17.0 Å². The second-order valence-corrected chi connectivity index (χ2v) is 3.87. The minimum Gasteiger partial charge on any atom is -0.490 e. The molecule has 1 aromatic rings. The topological polar surface area (TPSA) is 98.9 Å². The lowest BCUT2D eigenvalue weighted by molar-refractivity contribution is -0.384. The van der Waals surface area contributed by atoms with Gasteiger partial charge in [-0.25, -0.2) is 4.79 Å². The van der Waals surface area contributed by atoms with E-state index >= 15 is 0 Å². The highest BCUT2D eigenvalue weighted by atomic mass is 35.5. The first-order chi connectivity index (χ1) is 8.95. The number of hydrogen-bond acceptors (Lipinski definition) is 5. The number of nitrogens with zero attached hydrogens (tertiary/aromatic N) is 1. The van der Waals surface area contributed by atoms with Crippen LogP contribution in [-0.4, -0.2) is 35.3 Å². The summed E-state index contributed by atoms with van der Waals surface area (Å²) in [7, 11) is 0. The van der Waals surface area contributed by atoms with E-state index in [0.717, 1.165) is 0 Å². The Hall–Kier alpha value is -1.86. The van der Waals surface area contributed by atoms with Gasteiger partial charge in [-0.05, 0) is 13.0 Å². The Morgan fingerprint density at radius 2 is 2.26 bits per heavy atom. The molecule has 0 amide bonds. The van der Waals surface area contributed by atoms with Crippen molar-refractivity contribution in [3.63, 3.8) is 0 Å². The second kappa shape index (κ2) is 6.91. The van der Waals surface area contributed by atoms with Crippen molar-refractivity contribution in [2.75, 3.05) is 13.2 Å². The molecule has 0 heterocycles. The van der Waals surface area contributed by atoms with Gasteiger partial charge in [-0.3, -0.25) is 10.1 Å². The maximum atomic E-state index is 10.8. The first-order valence-electron chi connectivity index (χ1n) is 5.36. The number of benzene rings is 1. The van der Waals surface area contributed by atoms with E-state index in [-0.39, 0.29) is 29.7 Å². The number of halogens is 1. The summed E-state index contributed by atoms with van der Waals surface area (Å²) in [6, 6.07) is 3.79. The third-order valence-electron chi connectivity index (χ3n) is 2.16. The molecule has 1 aromatic carbocycles. The van der Waals surface area contributed by atoms with Gasteiger partial charge >= 0.3 is 5.97 Å². The van der Waals surface area contributed by atoms with Crippen LogP contribution in [0.15, 0.2) is 18.2 Å². The Morgan fingerprint density at radius 1 is 1.58 bits per heavy atom. The molecular weight excluding hydrogens is 278 g/mol. The van der Waals surface area contributed by atoms with Gasteiger partial charge in [-0.1, -0.05) is 11.6 Å². The van der Waals surface area contributed by atoms with Crippen molar-refractivity contribution in [2.24, 2.45) is 0 Å². The van der Waals surface area contributed by atoms with E-state index in [1.165, 1.54) is 18.2 Å². The van der Waals surface area contributed by atoms with Gasteiger partial charge < -0.3 is 14.6 Å². The summed E-state index contributed by atoms with van der Waals surface area (Å²) < 4.78 is 10.1. The molecule has 0 saturated heterocycles. The number of carboxylic acids is 1. The normalized spacial score (nSPS) is 11.9. The highest BCUT2D eigenvalue weighted by Crippen LogP contribution is 2.28. The Labute approximate surface area is 113 Å². The van der Waals surface area contributed by atoms with Crippen LogP contribution in [0.2, 0.25) is 5.02 Å². The van der Waals surface area contributed by atoms with Gasteiger partial charge in [0.1, 0.15) is 17.4 Å². The van der Waals surface area contributed by atoms with Gasteiger partial charge in [0.05, 0.1) is 4.92 Å². The van der Waals surface area contributed by atoms with Gasteiger partial charge in [0.2, 0.25) is 0 Å². The van der Waals surface area contributed by atoms with Gasteiger partial charge in [-0.15, -0.1) is 0 Å². The van der Waals surface area contributed by atoms with Crippen LogP contribution in [0.1, 0.15) is 6.92 Å². The molecule has 0 aliphatic carbocycles. The number of carboxylic acid groups (broad SMARTS) is 1. The molecule has 1 atom stereocenters. The van der Waals surface area contributed by atoms with E-state index in [1.54, 1.807) is 6.92 Å². The van der Waals surface area contributed by atoms with Crippen LogP contribution in [0.4, 0.5) is 5.69 Å². The molecule has 0 aromatic heterocycles. The van der Waals surface area contributed by atoms with Gasteiger partial charge in [0, 0.05) is 18.7 Å². The molecule has 0 radical (unpaired) electrons. The molecule has 1 unspecified atom stereocenters. The van der Waals surface area contributed by atoms with Gasteiger partial charge in [-0.2, -0.15) is 0 Å². The summed E-state index contributed by atoms with van der Waals surface area (Å²) in [5.41, 5.74) is -0.242. The van der Waals surface area contributed by atoms with Gasteiger partial charge in [0.15, 0.2) is 6.10 Å². The molecule has 7 nitrogen and oxygen atoms in total. The van der Waals surface area contributed by atoms with E-state index in [1.807, 2.05) is 0 Å². The smallest absolute Gasteiger partial charge is 0.336 e. The number of nitro benzene ring substituents is 1. The van der Waals surface area contributed by atoms with E-state index in [9.17, 15) is 14.9 Å². The predicted molar refractivity (Wildman–Crippen MR) is 66.7 cm³/mol. The summed E-state index contributed by atoms with van der Waals surface area (Å²) in [5.74, 6) is -0.906. The Kier molecular flexibility index (Phi) is 5.53. The van der Waals surface area contributed by atoms with Crippen molar-refractivity contribution < 1.29 is 24.3 Å². The van der Waals surface area contributed by atoms with Crippen molar-refractivity contribution in [1.82, 2.24) is 0 Å². The molecule has 0 saturated carbocycles. The fourth-order valence-corrected chi connectivity index (χ4v) is 1.53. The van der Waals surface area contributed by atoms with Crippen LogP contribution in [0, 0.1) is 10.1 Å². The van der Waals surface area contributed by atoms with Gasteiger partial charge in [0.25, 0.3) is 5.69 Å². The Morgan fingerprint density at radius 3 is 2.74 bits per heavy atom. The lowest BCUT2D eigenvalue weighted by Crippen LogP contribution is -2.30. The van der Waals surface area contributed by atoms with Crippen LogP contribution in [-0.2, 0) is 9.53 Å².